The Morgan fingerprint density at radius 2 is 1.65 bits per heavy atom. The first-order valence-corrected chi connectivity index (χ1v) is 10.4. The first-order valence-electron chi connectivity index (χ1n) is 10.4. The van der Waals surface area contributed by atoms with Crippen molar-refractivity contribution in [3.8, 4) is 11.1 Å². The van der Waals surface area contributed by atoms with Crippen molar-refractivity contribution < 1.29 is 4.79 Å². The first-order chi connectivity index (χ1) is 15.2. The van der Waals surface area contributed by atoms with E-state index in [1.165, 1.54) is 16.3 Å². The molecule has 6 rings (SSSR count). The fourth-order valence-corrected chi connectivity index (χ4v) is 4.96. The molecule has 2 amide bonds. The molecule has 1 aromatic heterocycles. The Labute approximate surface area is 179 Å². The molecule has 0 spiro atoms. The SMILES string of the molecule is NC(=O)N1Cc2cc(-c3cccc4ccccc34)ccc2C1c1c[nH]c2ccccc12. The summed E-state index contributed by atoms with van der Waals surface area (Å²) in [6.07, 6.45) is 2.00. The Morgan fingerprint density at radius 3 is 2.52 bits per heavy atom. The van der Waals surface area contributed by atoms with Crippen molar-refractivity contribution in [2.45, 2.75) is 12.6 Å². The molecule has 4 aromatic carbocycles. The largest absolute Gasteiger partial charge is 0.361 e. The zero-order chi connectivity index (χ0) is 20.9. The average Bonchev–Trinajstić information content (AvgIpc) is 3.39. The topological polar surface area (TPSA) is 62.1 Å². The number of rotatable bonds is 2. The molecule has 1 atom stereocenters. The maximum atomic E-state index is 12.4. The number of urea groups is 1. The van der Waals surface area contributed by atoms with Crippen molar-refractivity contribution >= 4 is 27.7 Å². The van der Waals surface area contributed by atoms with Crippen molar-refractivity contribution in [1.29, 1.82) is 0 Å². The van der Waals surface area contributed by atoms with Crippen molar-refractivity contribution in [3.63, 3.8) is 0 Å². The van der Waals surface area contributed by atoms with Crippen LogP contribution in [0.1, 0.15) is 22.7 Å². The lowest BCUT2D eigenvalue weighted by atomic mass is 9.93. The maximum absolute atomic E-state index is 12.4. The molecule has 0 bridgehead atoms. The Hall–Kier alpha value is -4.05. The van der Waals surface area contributed by atoms with Crippen LogP contribution >= 0.6 is 0 Å². The van der Waals surface area contributed by atoms with Gasteiger partial charge in [-0.15, -0.1) is 0 Å². The fraction of sp³-hybridized carbons (Fsp3) is 0.0741. The number of carbonyl (C=O) groups excluding carboxylic acids is 1. The summed E-state index contributed by atoms with van der Waals surface area (Å²) < 4.78 is 0. The zero-order valence-corrected chi connectivity index (χ0v) is 16.9. The third-order valence-electron chi connectivity index (χ3n) is 6.39. The van der Waals surface area contributed by atoms with Crippen LogP contribution in [-0.2, 0) is 6.54 Å². The second kappa shape index (κ2) is 6.74. The third-order valence-corrected chi connectivity index (χ3v) is 6.39. The predicted molar refractivity (Wildman–Crippen MR) is 125 cm³/mol. The number of benzene rings is 4. The van der Waals surface area contributed by atoms with Gasteiger partial charge in [-0.3, -0.25) is 0 Å². The van der Waals surface area contributed by atoms with Gasteiger partial charge >= 0.3 is 6.03 Å². The van der Waals surface area contributed by atoms with E-state index in [1.54, 1.807) is 4.90 Å². The number of aromatic amines is 1. The monoisotopic (exact) mass is 403 g/mol. The minimum absolute atomic E-state index is 0.190. The number of aromatic nitrogens is 1. The summed E-state index contributed by atoms with van der Waals surface area (Å²) in [5.74, 6) is 0. The molecule has 31 heavy (non-hydrogen) atoms. The van der Waals surface area contributed by atoms with Crippen molar-refractivity contribution in [3.05, 3.63) is 108 Å². The Bertz CT molecular complexity index is 1460. The number of para-hydroxylation sites is 1. The summed E-state index contributed by atoms with van der Waals surface area (Å²) in [6.45, 7) is 0.507. The van der Waals surface area contributed by atoms with Gasteiger partial charge in [0.2, 0.25) is 0 Å². The van der Waals surface area contributed by atoms with Crippen LogP contribution in [0.5, 0.6) is 0 Å². The highest BCUT2D eigenvalue weighted by molar-refractivity contribution is 5.97. The highest BCUT2D eigenvalue weighted by atomic mass is 16.2. The quantitative estimate of drug-likeness (QED) is 0.375. The van der Waals surface area contributed by atoms with Gasteiger partial charge in [-0.25, -0.2) is 4.79 Å². The lowest BCUT2D eigenvalue weighted by Gasteiger charge is -2.23. The van der Waals surface area contributed by atoms with E-state index >= 15 is 0 Å². The molecule has 0 aliphatic carbocycles. The normalized spacial score (nSPS) is 15.5. The molecular formula is C27H21N3O. The number of amides is 2. The number of hydrogen-bond acceptors (Lipinski definition) is 1. The summed E-state index contributed by atoms with van der Waals surface area (Å²) >= 11 is 0. The smallest absolute Gasteiger partial charge is 0.315 e. The Balaban J connectivity index is 1.51. The molecule has 1 unspecified atom stereocenters. The van der Waals surface area contributed by atoms with E-state index in [1.807, 2.05) is 24.4 Å². The third kappa shape index (κ3) is 2.72. The van der Waals surface area contributed by atoms with Gasteiger partial charge < -0.3 is 15.6 Å². The maximum Gasteiger partial charge on any atom is 0.315 e. The molecule has 150 valence electrons. The van der Waals surface area contributed by atoms with Crippen molar-refractivity contribution in [2.24, 2.45) is 5.73 Å². The highest BCUT2D eigenvalue weighted by Crippen LogP contribution is 2.42. The van der Waals surface area contributed by atoms with Gasteiger partial charge in [0.1, 0.15) is 0 Å². The molecule has 1 aliphatic heterocycles. The van der Waals surface area contributed by atoms with Gasteiger partial charge in [0, 0.05) is 29.2 Å². The molecule has 0 radical (unpaired) electrons. The molecule has 5 aromatic rings. The Morgan fingerprint density at radius 1 is 0.871 bits per heavy atom. The summed E-state index contributed by atoms with van der Waals surface area (Å²) in [6, 6.07) is 28.9. The van der Waals surface area contributed by atoms with Crippen LogP contribution in [0.2, 0.25) is 0 Å². The second-order valence-electron chi connectivity index (χ2n) is 8.10. The molecule has 4 heteroatoms. The lowest BCUT2D eigenvalue weighted by Crippen LogP contribution is -2.34. The van der Waals surface area contributed by atoms with E-state index in [9.17, 15) is 4.79 Å². The van der Waals surface area contributed by atoms with Gasteiger partial charge in [0.15, 0.2) is 0 Å². The summed E-state index contributed by atoms with van der Waals surface area (Å²) in [7, 11) is 0. The van der Waals surface area contributed by atoms with Crippen LogP contribution in [0.4, 0.5) is 4.79 Å². The van der Waals surface area contributed by atoms with Crippen LogP contribution < -0.4 is 5.73 Å². The first kappa shape index (κ1) is 17.8. The van der Waals surface area contributed by atoms with E-state index in [0.29, 0.717) is 6.54 Å². The number of primary amides is 1. The Kier molecular flexibility index (Phi) is 3.87. The number of H-pyrrole nitrogens is 1. The van der Waals surface area contributed by atoms with Crippen LogP contribution in [0.15, 0.2) is 91.1 Å². The summed E-state index contributed by atoms with van der Waals surface area (Å²) in [5.41, 5.74) is 12.6. The molecule has 2 heterocycles. The van der Waals surface area contributed by atoms with E-state index in [0.717, 1.165) is 33.2 Å². The van der Waals surface area contributed by atoms with Gasteiger partial charge in [0.25, 0.3) is 0 Å². The van der Waals surface area contributed by atoms with Crippen LogP contribution in [0.3, 0.4) is 0 Å². The predicted octanol–water partition coefficient (Wildman–Crippen LogP) is 5.97. The van der Waals surface area contributed by atoms with E-state index in [-0.39, 0.29) is 6.04 Å². The number of carbonyl (C=O) groups is 1. The molecule has 0 saturated carbocycles. The average molecular weight is 403 g/mol. The minimum Gasteiger partial charge on any atom is -0.361 e. The second-order valence-corrected chi connectivity index (χ2v) is 8.10. The van der Waals surface area contributed by atoms with Gasteiger partial charge in [-0.1, -0.05) is 72.8 Å². The number of nitrogens with two attached hydrogens (primary N) is 1. The van der Waals surface area contributed by atoms with E-state index in [4.69, 9.17) is 5.73 Å². The standard InChI is InChI=1S/C27H21N3O/c28-27(31)30-16-19-14-18(21-10-5-7-17-6-1-2-8-20(17)21)12-13-22(19)26(30)24-15-29-25-11-4-3-9-23(24)25/h1-15,26,29H,16H2,(H2,28,31). The van der Waals surface area contributed by atoms with Crippen LogP contribution in [0, 0.1) is 0 Å². The van der Waals surface area contributed by atoms with E-state index < -0.39 is 6.03 Å². The van der Waals surface area contributed by atoms with Gasteiger partial charge in [-0.05, 0) is 45.2 Å². The van der Waals surface area contributed by atoms with Crippen molar-refractivity contribution in [1.82, 2.24) is 9.88 Å². The molecular weight excluding hydrogens is 382 g/mol. The molecule has 0 saturated heterocycles. The van der Waals surface area contributed by atoms with Crippen molar-refractivity contribution in [2.75, 3.05) is 0 Å². The number of fused-ring (bicyclic) bond motifs is 3. The molecule has 1 aliphatic rings. The molecule has 4 nitrogen and oxygen atoms in total. The fourth-order valence-electron chi connectivity index (χ4n) is 4.96. The zero-order valence-electron chi connectivity index (χ0n) is 16.9. The van der Waals surface area contributed by atoms with E-state index in [2.05, 4.69) is 71.7 Å². The van der Waals surface area contributed by atoms with Gasteiger partial charge in [-0.2, -0.15) is 0 Å². The number of nitrogens with zero attached hydrogens (tertiary/aromatic N) is 1. The molecule has 0 fully saturated rings. The number of nitrogens with one attached hydrogen (secondary N) is 1. The van der Waals surface area contributed by atoms with Gasteiger partial charge in [0.05, 0.1) is 6.04 Å². The van der Waals surface area contributed by atoms with Crippen LogP contribution in [-0.4, -0.2) is 15.9 Å². The highest BCUT2D eigenvalue weighted by Gasteiger charge is 2.35. The molecule has 3 N–H and O–H groups in total. The summed E-state index contributed by atoms with van der Waals surface area (Å²) in [5, 5.41) is 3.56. The summed E-state index contributed by atoms with van der Waals surface area (Å²) in [4.78, 5) is 17.5. The minimum atomic E-state index is -0.404. The number of hydrogen-bond donors (Lipinski definition) is 2. The lowest BCUT2D eigenvalue weighted by molar-refractivity contribution is 0.199. The van der Waals surface area contributed by atoms with Crippen LogP contribution in [0.25, 0.3) is 32.8 Å².